The zero-order valence-corrected chi connectivity index (χ0v) is 10.8. The summed E-state index contributed by atoms with van der Waals surface area (Å²) in [6.45, 7) is 5.53. The SMILES string of the molecule is CCCn1cncc1CNc1cccc(F)c1C. The van der Waals surface area contributed by atoms with Gasteiger partial charge in [0.15, 0.2) is 0 Å². The van der Waals surface area contributed by atoms with Crippen molar-refractivity contribution >= 4 is 5.69 Å². The van der Waals surface area contributed by atoms with E-state index in [4.69, 9.17) is 0 Å². The number of hydrogen-bond donors (Lipinski definition) is 1. The molecule has 1 N–H and O–H groups in total. The van der Waals surface area contributed by atoms with Crippen LogP contribution in [-0.2, 0) is 13.1 Å². The summed E-state index contributed by atoms with van der Waals surface area (Å²) in [7, 11) is 0. The quantitative estimate of drug-likeness (QED) is 0.878. The molecule has 0 atom stereocenters. The summed E-state index contributed by atoms with van der Waals surface area (Å²) < 4.78 is 15.5. The van der Waals surface area contributed by atoms with Crippen LogP contribution in [0, 0.1) is 12.7 Å². The van der Waals surface area contributed by atoms with Crippen molar-refractivity contribution in [1.29, 1.82) is 0 Å². The Balaban J connectivity index is 2.07. The van der Waals surface area contributed by atoms with Crippen LogP contribution < -0.4 is 5.32 Å². The number of nitrogens with one attached hydrogen (secondary N) is 1. The Labute approximate surface area is 107 Å². The van der Waals surface area contributed by atoms with Crippen LogP contribution in [0.3, 0.4) is 0 Å². The van der Waals surface area contributed by atoms with Gasteiger partial charge in [-0.3, -0.25) is 0 Å². The molecule has 1 aromatic heterocycles. The molecule has 0 fully saturated rings. The van der Waals surface area contributed by atoms with E-state index in [0.29, 0.717) is 12.1 Å². The van der Waals surface area contributed by atoms with Crippen molar-refractivity contribution in [3.8, 4) is 0 Å². The molecule has 0 bridgehead atoms. The minimum absolute atomic E-state index is 0.179. The first-order chi connectivity index (χ1) is 8.72. The minimum Gasteiger partial charge on any atom is -0.379 e. The molecule has 0 aliphatic heterocycles. The number of nitrogens with zero attached hydrogens (tertiary/aromatic N) is 2. The zero-order chi connectivity index (χ0) is 13.0. The highest BCUT2D eigenvalue weighted by Gasteiger charge is 2.05. The number of imidazole rings is 1. The highest BCUT2D eigenvalue weighted by molar-refractivity contribution is 5.51. The maximum Gasteiger partial charge on any atom is 0.128 e. The first kappa shape index (κ1) is 12.6. The Morgan fingerprint density at radius 2 is 2.22 bits per heavy atom. The summed E-state index contributed by atoms with van der Waals surface area (Å²) in [6.07, 6.45) is 4.75. The molecule has 0 radical (unpaired) electrons. The van der Waals surface area contributed by atoms with Crippen LogP contribution in [0.5, 0.6) is 0 Å². The predicted octanol–water partition coefficient (Wildman–Crippen LogP) is 3.35. The van der Waals surface area contributed by atoms with Crippen molar-refractivity contribution in [2.45, 2.75) is 33.4 Å². The second-order valence-electron chi connectivity index (χ2n) is 4.34. The first-order valence-electron chi connectivity index (χ1n) is 6.20. The van der Waals surface area contributed by atoms with E-state index in [1.165, 1.54) is 6.07 Å². The third-order valence-corrected chi connectivity index (χ3v) is 2.99. The number of rotatable bonds is 5. The highest BCUT2D eigenvalue weighted by Crippen LogP contribution is 2.18. The van der Waals surface area contributed by atoms with E-state index >= 15 is 0 Å². The van der Waals surface area contributed by atoms with Crippen molar-refractivity contribution in [1.82, 2.24) is 9.55 Å². The maximum absolute atomic E-state index is 13.4. The summed E-state index contributed by atoms with van der Waals surface area (Å²) in [5, 5.41) is 3.25. The average Bonchev–Trinajstić information content (AvgIpc) is 2.79. The average molecular weight is 247 g/mol. The summed E-state index contributed by atoms with van der Waals surface area (Å²) in [6, 6.07) is 5.08. The summed E-state index contributed by atoms with van der Waals surface area (Å²) in [5.74, 6) is -0.179. The fourth-order valence-corrected chi connectivity index (χ4v) is 1.92. The normalized spacial score (nSPS) is 10.6. The topological polar surface area (TPSA) is 29.9 Å². The lowest BCUT2D eigenvalue weighted by Crippen LogP contribution is -2.08. The van der Waals surface area contributed by atoms with Gasteiger partial charge in [-0.2, -0.15) is 0 Å². The molecule has 0 aliphatic rings. The molecular formula is C14H18FN3. The summed E-state index contributed by atoms with van der Waals surface area (Å²) in [5.41, 5.74) is 2.60. The summed E-state index contributed by atoms with van der Waals surface area (Å²) in [4.78, 5) is 4.14. The molecule has 0 unspecified atom stereocenters. The fourth-order valence-electron chi connectivity index (χ4n) is 1.92. The van der Waals surface area contributed by atoms with Gasteiger partial charge >= 0.3 is 0 Å². The maximum atomic E-state index is 13.4. The van der Waals surface area contributed by atoms with Crippen LogP contribution in [-0.4, -0.2) is 9.55 Å². The van der Waals surface area contributed by atoms with Crippen LogP contribution in [0.4, 0.5) is 10.1 Å². The van der Waals surface area contributed by atoms with Gasteiger partial charge in [-0.1, -0.05) is 13.0 Å². The van der Waals surface area contributed by atoms with Crippen molar-refractivity contribution < 1.29 is 4.39 Å². The molecule has 0 amide bonds. The lowest BCUT2D eigenvalue weighted by Gasteiger charge is -2.11. The third-order valence-electron chi connectivity index (χ3n) is 2.99. The van der Waals surface area contributed by atoms with E-state index in [1.54, 1.807) is 13.0 Å². The molecule has 0 spiro atoms. The number of hydrogen-bond acceptors (Lipinski definition) is 2. The van der Waals surface area contributed by atoms with Gasteiger partial charge in [0, 0.05) is 24.0 Å². The van der Waals surface area contributed by atoms with E-state index in [-0.39, 0.29) is 5.82 Å². The molecule has 2 rings (SSSR count). The van der Waals surface area contributed by atoms with E-state index in [1.807, 2.05) is 18.6 Å². The van der Waals surface area contributed by atoms with Gasteiger partial charge in [0.2, 0.25) is 0 Å². The number of anilines is 1. The molecule has 1 aromatic carbocycles. The van der Waals surface area contributed by atoms with Crippen LogP contribution in [0.25, 0.3) is 0 Å². The van der Waals surface area contributed by atoms with E-state index in [0.717, 1.165) is 24.3 Å². The van der Waals surface area contributed by atoms with Gasteiger partial charge in [-0.05, 0) is 25.5 Å². The Bertz CT molecular complexity index is 520. The molecule has 1 heterocycles. The van der Waals surface area contributed by atoms with Crippen LogP contribution >= 0.6 is 0 Å². The fraction of sp³-hybridized carbons (Fsp3) is 0.357. The number of aromatic nitrogens is 2. The third kappa shape index (κ3) is 2.70. The summed E-state index contributed by atoms with van der Waals surface area (Å²) >= 11 is 0. The molecule has 4 heteroatoms. The van der Waals surface area contributed by atoms with Gasteiger partial charge < -0.3 is 9.88 Å². The van der Waals surface area contributed by atoms with Crippen LogP contribution in [0.2, 0.25) is 0 Å². The van der Waals surface area contributed by atoms with Gasteiger partial charge in [0.05, 0.1) is 18.6 Å². The second-order valence-corrected chi connectivity index (χ2v) is 4.34. The molecule has 96 valence electrons. The second kappa shape index (κ2) is 5.67. The lowest BCUT2D eigenvalue weighted by molar-refractivity contribution is 0.618. The molecule has 0 aliphatic carbocycles. The van der Waals surface area contributed by atoms with Crippen LogP contribution in [0.1, 0.15) is 24.6 Å². The minimum atomic E-state index is -0.179. The Morgan fingerprint density at radius 1 is 1.39 bits per heavy atom. The van der Waals surface area contributed by atoms with Crippen molar-refractivity contribution in [3.05, 3.63) is 47.8 Å². The molecular weight excluding hydrogens is 229 g/mol. The molecule has 0 saturated carbocycles. The number of halogens is 1. The smallest absolute Gasteiger partial charge is 0.128 e. The van der Waals surface area contributed by atoms with Gasteiger partial charge in [0.1, 0.15) is 5.82 Å². The van der Waals surface area contributed by atoms with Crippen molar-refractivity contribution in [2.75, 3.05) is 5.32 Å². The van der Waals surface area contributed by atoms with E-state index in [2.05, 4.69) is 21.8 Å². The van der Waals surface area contributed by atoms with Gasteiger partial charge in [0.25, 0.3) is 0 Å². The van der Waals surface area contributed by atoms with Gasteiger partial charge in [-0.15, -0.1) is 0 Å². The molecule has 2 aromatic rings. The standard InChI is InChI=1S/C14H18FN3/c1-3-7-18-10-16-8-12(18)9-17-14-6-4-5-13(15)11(14)2/h4-6,8,10,17H,3,7,9H2,1-2H3. The van der Waals surface area contributed by atoms with Gasteiger partial charge in [-0.25, -0.2) is 9.37 Å². The van der Waals surface area contributed by atoms with E-state index in [9.17, 15) is 4.39 Å². The Hall–Kier alpha value is -1.84. The Kier molecular flexibility index (Phi) is 3.97. The van der Waals surface area contributed by atoms with Crippen molar-refractivity contribution in [2.24, 2.45) is 0 Å². The predicted molar refractivity (Wildman–Crippen MR) is 71.0 cm³/mol. The number of aryl methyl sites for hydroxylation is 1. The molecule has 3 nitrogen and oxygen atoms in total. The molecule has 18 heavy (non-hydrogen) atoms. The molecule has 0 saturated heterocycles. The highest BCUT2D eigenvalue weighted by atomic mass is 19.1. The zero-order valence-electron chi connectivity index (χ0n) is 10.8. The Morgan fingerprint density at radius 3 is 3.00 bits per heavy atom. The largest absolute Gasteiger partial charge is 0.379 e. The number of benzene rings is 1. The van der Waals surface area contributed by atoms with Crippen LogP contribution in [0.15, 0.2) is 30.7 Å². The van der Waals surface area contributed by atoms with E-state index < -0.39 is 0 Å². The van der Waals surface area contributed by atoms with Crippen molar-refractivity contribution in [3.63, 3.8) is 0 Å². The first-order valence-corrected chi connectivity index (χ1v) is 6.20. The lowest BCUT2D eigenvalue weighted by atomic mass is 10.2. The monoisotopic (exact) mass is 247 g/mol.